The summed E-state index contributed by atoms with van der Waals surface area (Å²) in [5.74, 6) is -0.951. The number of ether oxygens (including phenoxy) is 1. The first-order valence-electron chi connectivity index (χ1n) is 10.4. The van der Waals surface area contributed by atoms with Crippen molar-refractivity contribution in [2.24, 2.45) is 0 Å². The van der Waals surface area contributed by atoms with E-state index in [1.54, 1.807) is 48.5 Å². The molecule has 1 aliphatic heterocycles. The van der Waals surface area contributed by atoms with E-state index in [4.69, 9.17) is 16.3 Å². The third kappa shape index (κ3) is 4.66. The van der Waals surface area contributed by atoms with E-state index in [1.165, 1.54) is 11.3 Å². The summed E-state index contributed by atoms with van der Waals surface area (Å²) in [4.78, 5) is 44.7. The number of aromatic nitrogens is 1. The second kappa shape index (κ2) is 9.66. The number of amides is 3. The fourth-order valence-corrected chi connectivity index (χ4v) is 4.30. The number of halogens is 1. The van der Waals surface area contributed by atoms with Crippen LogP contribution in [0.4, 0.5) is 16.5 Å². The van der Waals surface area contributed by atoms with Crippen LogP contribution in [0.15, 0.2) is 59.3 Å². The van der Waals surface area contributed by atoms with Crippen LogP contribution in [0.5, 0.6) is 5.75 Å². The topological polar surface area (TPSA) is 101 Å². The molecule has 0 aliphatic carbocycles. The Labute approximate surface area is 205 Å². The number of hydrogen-bond acceptors (Lipinski definition) is 7. The summed E-state index contributed by atoms with van der Waals surface area (Å²) >= 11 is 7.61. The zero-order valence-electron chi connectivity index (χ0n) is 18.6. The van der Waals surface area contributed by atoms with Gasteiger partial charge in [-0.2, -0.15) is 0 Å². The lowest BCUT2D eigenvalue weighted by Crippen LogP contribution is -2.32. The minimum absolute atomic E-state index is 0.0655. The van der Waals surface area contributed by atoms with Crippen LogP contribution in [0, 0.1) is 13.8 Å². The number of carbonyl (C=O) groups is 3. The molecule has 0 bridgehead atoms. The number of imide groups is 1. The summed E-state index contributed by atoms with van der Waals surface area (Å²) in [7, 11) is 0. The number of nitrogens with zero attached hydrogens (tertiary/aromatic N) is 2. The van der Waals surface area contributed by atoms with Gasteiger partial charge in [0.05, 0.1) is 18.0 Å². The standard InChI is InChI=1S/C24H21ClN4O4S/c1-4-33-18-10-8-17(9-11-18)29-22(31)19(25)20(23(29)32)27-16-7-5-6-15(12-16)21(30)28-24-26-13(2)14(3)34-24/h5-12,27H,4H2,1-3H3,(H,26,28,30). The smallest absolute Gasteiger partial charge is 0.283 e. The molecule has 2 aromatic carbocycles. The third-order valence-corrected chi connectivity index (χ3v) is 6.42. The Hall–Kier alpha value is -3.69. The molecule has 2 heterocycles. The Morgan fingerprint density at radius 1 is 1.12 bits per heavy atom. The zero-order valence-corrected chi connectivity index (χ0v) is 20.2. The van der Waals surface area contributed by atoms with Gasteiger partial charge in [-0.1, -0.05) is 17.7 Å². The van der Waals surface area contributed by atoms with E-state index < -0.39 is 11.8 Å². The number of thiazole rings is 1. The minimum atomic E-state index is -0.637. The average Bonchev–Trinajstić information content (AvgIpc) is 3.24. The second-order valence-corrected chi connectivity index (χ2v) is 8.96. The molecule has 174 valence electrons. The highest BCUT2D eigenvalue weighted by atomic mass is 35.5. The molecule has 0 fully saturated rings. The quantitative estimate of drug-likeness (QED) is 0.454. The predicted octanol–water partition coefficient (Wildman–Crippen LogP) is 4.85. The number of carbonyl (C=O) groups excluding carboxylic acids is 3. The number of anilines is 3. The lowest BCUT2D eigenvalue weighted by molar-refractivity contribution is -0.120. The Morgan fingerprint density at radius 2 is 1.85 bits per heavy atom. The Kier molecular flexibility index (Phi) is 6.67. The normalized spacial score (nSPS) is 13.5. The number of hydrogen-bond donors (Lipinski definition) is 2. The summed E-state index contributed by atoms with van der Waals surface area (Å²) in [6, 6.07) is 13.1. The first-order valence-corrected chi connectivity index (χ1v) is 11.6. The van der Waals surface area contributed by atoms with Crippen LogP contribution in [0.1, 0.15) is 27.9 Å². The number of aryl methyl sites for hydroxylation is 2. The van der Waals surface area contributed by atoms with Crippen molar-refractivity contribution < 1.29 is 19.1 Å². The van der Waals surface area contributed by atoms with Crippen LogP contribution in [-0.4, -0.2) is 29.3 Å². The highest BCUT2D eigenvalue weighted by Crippen LogP contribution is 2.31. The molecule has 3 aromatic rings. The lowest BCUT2D eigenvalue weighted by atomic mass is 10.2. The van der Waals surface area contributed by atoms with Crippen LogP contribution in [-0.2, 0) is 9.59 Å². The SMILES string of the molecule is CCOc1ccc(N2C(=O)C(Cl)=C(Nc3cccc(C(=O)Nc4nc(C)c(C)s4)c3)C2=O)cc1. The molecule has 0 spiro atoms. The van der Waals surface area contributed by atoms with Gasteiger partial charge in [-0.15, -0.1) is 11.3 Å². The minimum Gasteiger partial charge on any atom is -0.494 e. The summed E-state index contributed by atoms with van der Waals surface area (Å²) in [5, 5.41) is 5.94. The largest absolute Gasteiger partial charge is 0.494 e. The van der Waals surface area contributed by atoms with E-state index in [9.17, 15) is 14.4 Å². The highest BCUT2D eigenvalue weighted by molar-refractivity contribution is 7.15. The molecule has 1 aliphatic rings. The van der Waals surface area contributed by atoms with Crippen molar-refractivity contribution in [3.63, 3.8) is 0 Å². The molecule has 8 nitrogen and oxygen atoms in total. The van der Waals surface area contributed by atoms with E-state index in [-0.39, 0.29) is 16.6 Å². The molecule has 0 saturated carbocycles. The second-order valence-electron chi connectivity index (χ2n) is 7.38. The monoisotopic (exact) mass is 496 g/mol. The van der Waals surface area contributed by atoms with E-state index in [2.05, 4.69) is 15.6 Å². The molecule has 34 heavy (non-hydrogen) atoms. The molecule has 0 saturated heterocycles. The van der Waals surface area contributed by atoms with Crippen molar-refractivity contribution in [3.05, 3.63) is 75.4 Å². The molecule has 2 N–H and O–H groups in total. The van der Waals surface area contributed by atoms with Crippen LogP contribution in [0.2, 0.25) is 0 Å². The van der Waals surface area contributed by atoms with Gasteiger partial charge in [-0.3, -0.25) is 19.7 Å². The van der Waals surface area contributed by atoms with E-state index in [1.807, 2.05) is 20.8 Å². The summed E-state index contributed by atoms with van der Waals surface area (Å²) in [6.45, 7) is 6.17. The van der Waals surface area contributed by atoms with Gasteiger partial charge in [-0.25, -0.2) is 9.88 Å². The molecule has 0 unspecified atom stereocenters. The van der Waals surface area contributed by atoms with Gasteiger partial charge < -0.3 is 10.1 Å². The van der Waals surface area contributed by atoms with Crippen molar-refractivity contribution in [2.45, 2.75) is 20.8 Å². The molecule has 3 amide bonds. The van der Waals surface area contributed by atoms with Gasteiger partial charge in [0.25, 0.3) is 17.7 Å². The van der Waals surface area contributed by atoms with Gasteiger partial charge in [0.15, 0.2) is 5.13 Å². The van der Waals surface area contributed by atoms with E-state index in [0.717, 1.165) is 15.5 Å². The van der Waals surface area contributed by atoms with Crippen LogP contribution in [0.25, 0.3) is 0 Å². The van der Waals surface area contributed by atoms with Gasteiger partial charge >= 0.3 is 0 Å². The van der Waals surface area contributed by atoms with Crippen LogP contribution < -0.4 is 20.3 Å². The molecule has 0 radical (unpaired) electrons. The molecular weight excluding hydrogens is 476 g/mol. The highest BCUT2D eigenvalue weighted by Gasteiger charge is 2.39. The van der Waals surface area contributed by atoms with Crippen molar-refractivity contribution in [2.75, 3.05) is 22.1 Å². The first kappa shape index (κ1) is 23.5. The van der Waals surface area contributed by atoms with Gasteiger partial charge in [0.2, 0.25) is 0 Å². The maximum absolute atomic E-state index is 13.0. The lowest BCUT2D eigenvalue weighted by Gasteiger charge is -2.15. The van der Waals surface area contributed by atoms with Crippen molar-refractivity contribution in [3.8, 4) is 5.75 Å². The fraction of sp³-hybridized carbons (Fsp3) is 0.167. The van der Waals surface area contributed by atoms with Crippen molar-refractivity contribution in [1.29, 1.82) is 0 Å². The van der Waals surface area contributed by atoms with Crippen LogP contribution >= 0.6 is 22.9 Å². The Morgan fingerprint density at radius 3 is 2.50 bits per heavy atom. The summed E-state index contributed by atoms with van der Waals surface area (Å²) in [5.41, 5.74) is 1.95. The summed E-state index contributed by atoms with van der Waals surface area (Å²) < 4.78 is 5.40. The summed E-state index contributed by atoms with van der Waals surface area (Å²) in [6.07, 6.45) is 0. The third-order valence-electron chi connectivity index (χ3n) is 5.08. The number of benzene rings is 2. The number of rotatable bonds is 7. The number of nitrogens with one attached hydrogen (secondary N) is 2. The van der Waals surface area contributed by atoms with E-state index >= 15 is 0 Å². The van der Waals surface area contributed by atoms with Gasteiger partial charge in [0, 0.05) is 16.1 Å². The fourth-order valence-electron chi connectivity index (χ4n) is 3.28. The molecule has 4 rings (SSSR count). The zero-order chi connectivity index (χ0) is 24.4. The van der Waals surface area contributed by atoms with E-state index in [0.29, 0.717) is 34.4 Å². The average molecular weight is 497 g/mol. The predicted molar refractivity (Wildman–Crippen MR) is 133 cm³/mol. The van der Waals surface area contributed by atoms with Gasteiger partial charge in [-0.05, 0) is 63.2 Å². The molecule has 0 atom stereocenters. The molecular formula is C24H21ClN4O4S. The van der Waals surface area contributed by atoms with Crippen LogP contribution in [0.3, 0.4) is 0 Å². The first-order chi connectivity index (χ1) is 16.3. The van der Waals surface area contributed by atoms with Crippen molar-refractivity contribution >= 4 is 57.2 Å². The molecule has 1 aromatic heterocycles. The maximum atomic E-state index is 13.0. The van der Waals surface area contributed by atoms with Gasteiger partial charge in [0.1, 0.15) is 16.5 Å². The Bertz CT molecular complexity index is 1300. The molecule has 10 heteroatoms. The van der Waals surface area contributed by atoms with Crippen molar-refractivity contribution in [1.82, 2.24) is 4.98 Å². The maximum Gasteiger partial charge on any atom is 0.283 e. The Balaban J connectivity index is 1.51.